The first-order valence-electron chi connectivity index (χ1n) is 12.1. The second-order valence-electron chi connectivity index (χ2n) is 9.82. The SMILES string of the molecule is CC(C)(C)OC(=O)NC1CCN(c2ccc(C(=O)Nc3ccncc3Nc3ccc(Cl)cc3)cn2)CC1. The number of nitrogens with zero attached hydrogens (tertiary/aromatic N) is 3. The first kappa shape index (κ1) is 26.2. The number of rotatable bonds is 6. The number of carbonyl (C=O) groups excluding carboxylic acids is 2. The van der Waals surface area contributed by atoms with Crippen LogP contribution in [0.25, 0.3) is 0 Å². The number of piperidine rings is 1. The Labute approximate surface area is 221 Å². The maximum absolute atomic E-state index is 12.9. The van der Waals surface area contributed by atoms with E-state index in [1.54, 1.807) is 42.9 Å². The molecule has 3 heterocycles. The highest BCUT2D eigenvalue weighted by Gasteiger charge is 2.24. The first-order valence-corrected chi connectivity index (χ1v) is 12.5. The van der Waals surface area contributed by atoms with E-state index in [1.807, 2.05) is 39.0 Å². The summed E-state index contributed by atoms with van der Waals surface area (Å²) in [4.78, 5) is 35.7. The van der Waals surface area contributed by atoms with Gasteiger partial charge < -0.3 is 25.6 Å². The third-order valence-corrected chi connectivity index (χ3v) is 5.99. The Morgan fingerprint density at radius 3 is 2.38 bits per heavy atom. The van der Waals surface area contributed by atoms with Crippen molar-refractivity contribution in [3.63, 3.8) is 0 Å². The van der Waals surface area contributed by atoms with Gasteiger partial charge in [0.2, 0.25) is 0 Å². The van der Waals surface area contributed by atoms with Crippen molar-refractivity contribution >= 4 is 46.5 Å². The van der Waals surface area contributed by atoms with Crippen LogP contribution < -0.4 is 20.9 Å². The Kier molecular flexibility index (Phi) is 8.13. The molecular weight excluding hydrogens is 492 g/mol. The zero-order valence-corrected chi connectivity index (χ0v) is 21.9. The predicted octanol–water partition coefficient (Wildman–Crippen LogP) is 5.62. The molecule has 3 N–H and O–H groups in total. The minimum absolute atomic E-state index is 0.0622. The fraction of sp³-hybridized carbons (Fsp3) is 0.333. The number of anilines is 4. The lowest BCUT2D eigenvalue weighted by Crippen LogP contribution is -2.46. The predicted molar refractivity (Wildman–Crippen MR) is 146 cm³/mol. The van der Waals surface area contributed by atoms with Crippen LogP contribution in [0.2, 0.25) is 5.02 Å². The number of pyridine rings is 2. The maximum Gasteiger partial charge on any atom is 0.407 e. The van der Waals surface area contributed by atoms with E-state index in [-0.39, 0.29) is 18.0 Å². The molecule has 1 aliphatic rings. The summed E-state index contributed by atoms with van der Waals surface area (Å²) in [5, 5.41) is 9.75. The summed E-state index contributed by atoms with van der Waals surface area (Å²) in [6.07, 6.45) is 6.02. The average molecular weight is 523 g/mol. The third-order valence-electron chi connectivity index (χ3n) is 5.74. The Morgan fingerprint density at radius 1 is 1.00 bits per heavy atom. The number of nitrogens with one attached hydrogen (secondary N) is 3. The van der Waals surface area contributed by atoms with E-state index in [0.29, 0.717) is 22.0 Å². The Bertz CT molecular complexity index is 1220. The van der Waals surface area contributed by atoms with Gasteiger partial charge in [0.25, 0.3) is 5.91 Å². The number of amides is 2. The second-order valence-corrected chi connectivity index (χ2v) is 10.3. The minimum Gasteiger partial charge on any atom is -0.444 e. The smallest absolute Gasteiger partial charge is 0.407 e. The van der Waals surface area contributed by atoms with Crippen molar-refractivity contribution in [3.05, 3.63) is 71.6 Å². The van der Waals surface area contributed by atoms with Crippen LogP contribution in [0.5, 0.6) is 0 Å². The van der Waals surface area contributed by atoms with Gasteiger partial charge in [0.05, 0.1) is 23.1 Å². The summed E-state index contributed by atoms with van der Waals surface area (Å²) in [5.74, 6) is 0.519. The number of hydrogen-bond acceptors (Lipinski definition) is 7. The Morgan fingerprint density at radius 2 is 1.73 bits per heavy atom. The van der Waals surface area contributed by atoms with Crippen molar-refractivity contribution in [3.8, 4) is 0 Å². The van der Waals surface area contributed by atoms with Crippen LogP contribution in [0.4, 0.5) is 27.7 Å². The van der Waals surface area contributed by atoms with Crippen molar-refractivity contribution in [2.75, 3.05) is 28.6 Å². The molecule has 1 aromatic carbocycles. The van der Waals surface area contributed by atoms with Gasteiger partial charge in [-0.1, -0.05) is 11.6 Å². The highest BCUT2D eigenvalue weighted by Crippen LogP contribution is 2.26. The van der Waals surface area contributed by atoms with Crippen LogP contribution in [0.1, 0.15) is 44.0 Å². The Balaban J connectivity index is 1.32. The van der Waals surface area contributed by atoms with E-state index in [2.05, 4.69) is 30.8 Å². The molecule has 9 nitrogen and oxygen atoms in total. The molecule has 3 aromatic rings. The van der Waals surface area contributed by atoms with E-state index in [4.69, 9.17) is 16.3 Å². The molecule has 10 heteroatoms. The monoisotopic (exact) mass is 522 g/mol. The molecule has 2 amide bonds. The molecular formula is C27H31ClN6O3. The molecule has 1 aliphatic heterocycles. The Hall–Kier alpha value is -3.85. The summed E-state index contributed by atoms with van der Waals surface area (Å²) in [6, 6.07) is 12.7. The van der Waals surface area contributed by atoms with E-state index in [9.17, 15) is 9.59 Å². The van der Waals surface area contributed by atoms with Crippen molar-refractivity contribution < 1.29 is 14.3 Å². The molecule has 37 heavy (non-hydrogen) atoms. The van der Waals surface area contributed by atoms with Crippen molar-refractivity contribution in [2.45, 2.75) is 45.3 Å². The van der Waals surface area contributed by atoms with Crippen LogP contribution in [0.3, 0.4) is 0 Å². The summed E-state index contributed by atoms with van der Waals surface area (Å²) >= 11 is 5.96. The van der Waals surface area contributed by atoms with E-state index in [1.165, 1.54) is 0 Å². The third kappa shape index (κ3) is 7.57. The standard InChI is InChI=1S/C27H31ClN6O3/c1-27(2,3)37-26(36)32-21-11-14-34(15-12-21)24-9-4-18(16-30-24)25(35)33-22-10-13-29-17-23(22)31-20-7-5-19(28)6-8-20/h4-10,13,16-17,21,31H,11-12,14-15H2,1-3H3,(H,32,36)(H,29,33,35). The van der Waals surface area contributed by atoms with Gasteiger partial charge in [-0.15, -0.1) is 0 Å². The van der Waals surface area contributed by atoms with Crippen molar-refractivity contribution in [2.24, 2.45) is 0 Å². The van der Waals surface area contributed by atoms with Crippen molar-refractivity contribution in [1.82, 2.24) is 15.3 Å². The molecule has 2 aromatic heterocycles. The fourth-order valence-corrected chi connectivity index (χ4v) is 4.05. The van der Waals surface area contributed by atoms with Crippen LogP contribution >= 0.6 is 11.6 Å². The summed E-state index contributed by atoms with van der Waals surface area (Å²) < 4.78 is 5.35. The number of halogens is 1. The molecule has 4 rings (SSSR count). The maximum atomic E-state index is 12.9. The molecule has 0 aliphatic carbocycles. The van der Waals surface area contributed by atoms with Crippen LogP contribution in [-0.4, -0.2) is 46.7 Å². The molecule has 1 fully saturated rings. The zero-order valence-electron chi connectivity index (χ0n) is 21.1. The number of aromatic nitrogens is 2. The lowest BCUT2D eigenvalue weighted by atomic mass is 10.1. The summed E-state index contributed by atoms with van der Waals surface area (Å²) in [6.45, 7) is 7.03. The van der Waals surface area contributed by atoms with Crippen LogP contribution in [0, 0.1) is 0 Å². The van der Waals surface area contributed by atoms with Gasteiger partial charge in [-0.3, -0.25) is 9.78 Å². The molecule has 194 valence electrons. The lowest BCUT2D eigenvalue weighted by molar-refractivity contribution is 0.0497. The number of benzene rings is 1. The molecule has 1 saturated heterocycles. The molecule has 0 saturated carbocycles. The molecule has 0 bridgehead atoms. The van der Waals surface area contributed by atoms with Gasteiger partial charge in [0, 0.05) is 42.2 Å². The largest absolute Gasteiger partial charge is 0.444 e. The van der Waals surface area contributed by atoms with Gasteiger partial charge in [0.15, 0.2) is 0 Å². The zero-order chi connectivity index (χ0) is 26.4. The number of ether oxygens (including phenoxy) is 1. The number of alkyl carbamates (subject to hydrolysis) is 1. The topological polar surface area (TPSA) is 108 Å². The van der Waals surface area contributed by atoms with Crippen LogP contribution in [0.15, 0.2) is 61.1 Å². The van der Waals surface area contributed by atoms with Gasteiger partial charge in [-0.25, -0.2) is 9.78 Å². The lowest BCUT2D eigenvalue weighted by Gasteiger charge is -2.33. The molecule has 0 atom stereocenters. The fourth-order valence-electron chi connectivity index (χ4n) is 3.92. The van der Waals surface area contributed by atoms with E-state index >= 15 is 0 Å². The average Bonchev–Trinajstić information content (AvgIpc) is 2.86. The van der Waals surface area contributed by atoms with Gasteiger partial charge in [-0.05, 0) is 76.1 Å². The number of carbonyl (C=O) groups is 2. The summed E-state index contributed by atoms with van der Waals surface area (Å²) in [5.41, 5.74) is 2.00. The molecule has 0 unspecified atom stereocenters. The van der Waals surface area contributed by atoms with Gasteiger partial charge in [-0.2, -0.15) is 0 Å². The van der Waals surface area contributed by atoms with E-state index < -0.39 is 5.60 Å². The van der Waals surface area contributed by atoms with Gasteiger partial charge in [0.1, 0.15) is 11.4 Å². The minimum atomic E-state index is -0.519. The van der Waals surface area contributed by atoms with Crippen LogP contribution in [-0.2, 0) is 4.74 Å². The van der Waals surface area contributed by atoms with Gasteiger partial charge >= 0.3 is 6.09 Å². The normalized spacial score (nSPS) is 14.1. The molecule has 0 spiro atoms. The first-order chi connectivity index (χ1) is 17.7. The second kappa shape index (κ2) is 11.5. The number of hydrogen-bond donors (Lipinski definition) is 3. The highest BCUT2D eigenvalue weighted by atomic mass is 35.5. The highest BCUT2D eigenvalue weighted by molar-refractivity contribution is 6.30. The van der Waals surface area contributed by atoms with Crippen molar-refractivity contribution in [1.29, 1.82) is 0 Å². The quantitative estimate of drug-likeness (QED) is 0.385. The molecule has 0 radical (unpaired) electrons. The summed E-state index contributed by atoms with van der Waals surface area (Å²) in [7, 11) is 0. The van der Waals surface area contributed by atoms with E-state index in [0.717, 1.165) is 37.4 Å².